The van der Waals surface area contributed by atoms with Gasteiger partial charge in [-0.25, -0.2) is 0 Å². The van der Waals surface area contributed by atoms with E-state index >= 15 is 0 Å². The van der Waals surface area contributed by atoms with Gasteiger partial charge in [0.2, 0.25) is 0 Å². The summed E-state index contributed by atoms with van der Waals surface area (Å²) < 4.78 is 0. The third-order valence-corrected chi connectivity index (χ3v) is 2.54. The molecule has 0 aliphatic carbocycles. The Morgan fingerprint density at radius 2 is 1.25 bits per heavy atom. The quantitative estimate of drug-likeness (QED) is 0.475. The van der Waals surface area contributed by atoms with E-state index in [2.05, 4.69) is 0 Å². The smallest absolute Gasteiger partial charge is 0.258 e. The van der Waals surface area contributed by atoms with Gasteiger partial charge in [0.15, 0.2) is 0 Å². The maximum Gasteiger partial charge on any atom is 0.274 e. The van der Waals surface area contributed by atoms with Gasteiger partial charge in [0.1, 0.15) is 0 Å². The summed E-state index contributed by atoms with van der Waals surface area (Å²) in [5.41, 5.74) is -0.299. The molecule has 6 nitrogen and oxygen atoms in total. The minimum absolute atomic E-state index is 0.104. The van der Waals surface area contributed by atoms with Crippen LogP contribution in [0.15, 0.2) is 12.1 Å². The highest BCUT2D eigenvalue weighted by Crippen LogP contribution is 2.30. The number of nitro benzene ring substituents is 2. The Morgan fingerprint density at radius 1 is 0.938 bits per heavy atom. The molecule has 0 radical (unpaired) electrons. The Balaban J connectivity index is 3.46. The summed E-state index contributed by atoms with van der Waals surface area (Å²) in [5.74, 6) is -0.334. The van der Waals surface area contributed by atoms with E-state index in [9.17, 15) is 20.2 Å². The third-order valence-electron chi connectivity index (χ3n) is 1.96. The lowest BCUT2D eigenvalue weighted by atomic mass is 10.1. The van der Waals surface area contributed by atoms with E-state index in [4.69, 9.17) is 23.2 Å². The first-order valence-corrected chi connectivity index (χ1v) is 5.14. The van der Waals surface area contributed by atoms with Crippen LogP contribution in [0.4, 0.5) is 11.4 Å². The fourth-order valence-electron chi connectivity index (χ4n) is 1.22. The summed E-state index contributed by atoms with van der Waals surface area (Å²) in [7, 11) is 0. The lowest BCUT2D eigenvalue weighted by Crippen LogP contribution is -2.00. The van der Waals surface area contributed by atoms with Crippen molar-refractivity contribution in [2.24, 2.45) is 0 Å². The van der Waals surface area contributed by atoms with Gasteiger partial charge in [-0.1, -0.05) is 0 Å². The molecule has 0 fully saturated rings. The monoisotopic (exact) mass is 264 g/mol. The number of benzene rings is 1. The molecule has 8 heteroatoms. The molecular formula is C8H6Cl2N2O4. The number of rotatable bonds is 4. The normalized spacial score (nSPS) is 10.1. The molecule has 0 unspecified atom stereocenters. The van der Waals surface area contributed by atoms with Crippen LogP contribution >= 0.6 is 23.2 Å². The fraction of sp³-hybridized carbons (Fsp3) is 0.250. The summed E-state index contributed by atoms with van der Waals surface area (Å²) in [6, 6.07) is 2.17. The molecule has 0 N–H and O–H groups in total. The van der Waals surface area contributed by atoms with Crippen molar-refractivity contribution in [2.45, 2.75) is 11.8 Å². The van der Waals surface area contributed by atoms with E-state index in [1.807, 2.05) is 0 Å². The Hall–Kier alpha value is -1.40. The molecule has 0 saturated carbocycles. The number of halogens is 2. The maximum absolute atomic E-state index is 10.7. The molecule has 0 saturated heterocycles. The van der Waals surface area contributed by atoms with E-state index in [0.717, 1.165) is 12.1 Å². The number of alkyl halides is 2. The van der Waals surface area contributed by atoms with Gasteiger partial charge in [-0.3, -0.25) is 20.2 Å². The molecule has 0 spiro atoms. The molecule has 0 bridgehead atoms. The Bertz CT molecular complexity index is 408. The average Bonchev–Trinajstić information content (AvgIpc) is 2.26. The van der Waals surface area contributed by atoms with Crippen molar-refractivity contribution in [3.05, 3.63) is 43.5 Å². The summed E-state index contributed by atoms with van der Waals surface area (Å²) in [6.45, 7) is 0. The van der Waals surface area contributed by atoms with Gasteiger partial charge in [0, 0.05) is 12.1 Å². The van der Waals surface area contributed by atoms with Crippen LogP contribution in [0.25, 0.3) is 0 Å². The molecule has 0 aliphatic rings. The highest BCUT2D eigenvalue weighted by atomic mass is 35.5. The molecular weight excluding hydrogens is 259 g/mol. The molecule has 0 amide bonds. The summed E-state index contributed by atoms with van der Waals surface area (Å²) in [5, 5.41) is 21.3. The van der Waals surface area contributed by atoms with Crippen molar-refractivity contribution >= 4 is 34.6 Å². The standard InChI is InChI=1S/C8H6Cl2N2O4/c9-3-5-1-7(11(13)14)6(4-10)2-8(5)12(15)16/h1-2H,3-4H2. The van der Waals surface area contributed by atoms with Gasteiger partial charge in [-0.2, -0.15) is 0 Å². The second kappa shape index (κ2) is 5.09. The predicted octanol–water partition coefficient (Wildman–Crippen LogP) is 2.98. The largest absolute Gasteiger partial charge is 0.274 e. The average molecular weight is 265 g/mol. The lowest BCUT2D eigenvalue weighted by Gasteiger charge is -2.03. The molecule has 1 rings (SSSR count). The Kier molecular flexibility index (Phi) is 4.03. The second-order valence-corrected chi connectivity index (χ2v) is 3.43. The molecule has 1 aromatic carbocycles. The van der Waals surface area contributed by atoms with Crippen molar-refractivity contribution in [3.63, 3.8) is 0 Å². The van der Waals surface area contributed by atoms with E-state index in [0.29, 0.717) is 0 Å². The summed E-state index contributed by atoms with van der Waals surface area (Å²) in [6.07, 6.45) is 0. The van der Waals surface area contributed by atoms with Gasteiger partial charge in [0.25, 0.3) is 11.4 Å². The first kappa shape index (κ1) is 12.7. The zero-order valence-corrected chi connectivity index (χ0v) is 9.36. The van der Waals surface area contributed by atoms with Crippen molar-refractivity contribution in [1.29, 1.82) is 0 Å². The summed E-state index contributed by atoms with van der Waals surface area (Å²) >= 11 is 11.0. The van der Waals surface area contributed by atoms with Gasteiger partial charge in [-0.15, -0.1) is 23.2 Å². The zero-order valence-electron chi connectivity index (χ0n) is 7.85. The third kappa shape index (κ3) is 2.40. The molecule has 86 valence electrons. The molecule has 16 heavy (non-hydrogen) atoms. The van der Waals surface area contributed by atoms with Crippen molar-refractivity contribution < 1.29 is 9.85 Å². The summed E-state index contributed by atoms with van der Waals surface area (Å²) in [4.78, 5) is 20.0. The van der Waals surface area contributed by atoms with E-state index in [1.54, 1.807) is 0 Å². The van der Waals surface area contributed by atoms with Crippen molar-refractivity contribution in [3.8, 4) is 0 Å². The first-order chi connectivity index (χ1) is 7.51. The number of hydrogen-bond donors (Lipinski definition) is 0. The van der Waals surface area contributed by atoms with Gasteiger partial charge in [-0.05, 0) is 0 Å². The van der Waals surface area contributed by atoms with E-state index in [1.165, 1.54) is 0 Å². The van der Waals surface area contributed by atoms with Gasteiger partial charge in [0.05, 0.1) is 32.7 Å². The fourth-order valence-corrected chi connectivity index (χ4v) is 1.65. The molecule has 0 atom stereocenters. The van der Waals surface area contributed by atoms with Crippen LogP contribution in [0.3, 0.4) is 0 Å². The zero-order chi connectivity index (χ0) is 12.3. The highest BCUT2D eigenvalue weighted by Gasteiger charge is 2.22. The number of nitro groups is 2. The Labute approximate surface area is 100 Å². The van der Waals surface area contributed by atoms with Crippen LogP contribution in [0.1, 0.15) is 11.1 Å². The lowest BCUT2D eigenvalue weighted by molar-refractivity contribution is -0.390. The SMILES string of the molecule is O=[N+]([O-])c1cc(CCl)c([N+](=O)[O-])cc1CCl. The molecule has 0 heterocycles. The second-order valence-electron chi connectivity index (χ2n) is 2.89. The van der Waals surface area contributed by atoms with E-state index in [-0.39, 0.29) is 34.3 Å². The van der Waals surface area contributed by atoms with E-state index < -0.39 is 9.85 Å². The van der Waals surface area contributed by atoms with Crippen LogP contribution in [-0.2, 0) is 11.8 Å². The Morgan fingerprint density at radius 3 is 1.44 bits per heavy atom. The number of hydrogen-bond acceptors (Lipinski definition) is 4. The predicted molar refractivity (Wildman–Crippen MR) is 58.9 cm³/mol. The van der Waals surface area contributed by atoms with Crippen molar-refractivity contribution in [1.82, 2.24) is 0 Å². The minimum Gasteiger partial charge on any atom is -0.258 e. The molecule has 0 aromatic heterocycles. The van der Waals surface area contributed by atoms with Crippen LogP contribution < -0.4 is 0 Å². The van der Waals surface area contributed by atoms with Gasteiger partial charge >= 0.3 is 0 Å². The maximum atomic E-state index is 10.7. The first-order valence-electron chi connectivity index (χ1n) is 4.07. The van der Waals surface area contributed by atoms with Crippen molar-refractivity contribution in [2.75, 3.05) is 0 Å². The highest BCUT2D eigenvalue weighted by molar-refractivity contribution is 6.18. The van der Waals surface area contributed by atoms with Crippen LogP contribution in [0.2, 0.25) is 0 Å². The minimum atomic E-state index is -0.641. The topological polar surface area (TPSA) is 86.3 Å². The van der Waals surface area contributed by atoms with Gasteiger partial charge < -0.3 is 0 Å². The molecule has 0 aliphatic heterocycles. The number of nitrogens with zero attached hydrogens (tertiary/aromatic N) is 2. The van der Waals surface area contributed by atoms with Crippen LogP contribution in [-0.4, -0.2) is 9.85 Å². The van der Waals surface area contributed by atoms with Crippen LogP contribution in [0, 0.1) is 20.2 Å². The molecule has 1 aromatic rings. The van der Waals surface area contributed by atoms with Crippen LogP contribution in [0.5, 0.6) is 0 Å².